The Morgan fingerprint density at radius 3 is 2.56 bits per heavy atom. The van der Waals surface area contributed by atoms with Crippen LogP contribution in [-0.4, -0.2) is 48.3 Å². The molecule has 0 aliphatic rings. The van der Waals surface area contributed by atoms with Crippen LogP contribution in [-0.2, 0) is 11.3 Å². The van der Waals surface area contributed by atoms with Crippen molar-refractivity contribution in [3.8, 4) is 5.69 Å². The minimum Gasteiger partial charge on any atom is -0.345 e. The van der Waals surface area contributed by atoms with Crippen LogP contribution in [0.4, 0.5) is 5.13 Å². The van der Waals surface area contributed by atoms with Crippen molar-refractivity contribution in [2.45, 2.75) is 23.0 Å². The number of halogens is 2. The van der Waals surface area contributed by atoms with Gasteiger partial charge in [-0.3, -0.25) is 19.5 Å². The highest BCUT2D eigenvalue weighted by atomic mass is 35.5. The van der Waals surface area contributed by atoms with Gasteiger partial charge < -0.3 is 5.32 Å². The van der Waals surface area contributed by atoms with Gasteiger partial charge in [0.25, 0.3) is 5.91 Å². The number of anilines is 1. The fourth-order valence-corrected chi connectivity index (χ4v) is 5.70. The van der Waals surface area contributed by atoms with Crippen LogP contribution >= 0.6 is 58.1 Å². The monoisotopic (exact) mass is 579 g/mol. The van der Waals surface area contributed by atoms with Gasteiger partial charge in [0.15, 0.2) is 15.3 Å². The number of rotatable bonds is 10. The maximum Gasteiger partial charge on any atom is 0.251 e. The lowest BCUT2D eigenvalue weighted by molar-refractivity contribution is -0.113. The molecule has 2 heterocycles. The van der Waals surface area contributed by atoms with Crippen LogP contribution < -0.4 is 10.6 Å². The van der Waals surface area contributed by atoms with Crippen LogP contribution in [0.25, 0.3) is 5.69 Å². The number of aromatic nitrogens is 5. The summed E-state index contributed by atoms with van der Waals surface area (Å²) in [4.78, 5) is 25.1. The molecule has 186 valence electrons. The summed E-state index contributed by atoms with van der Waals surface area (Å²) in [7, 11) is 0. The van der Waals surface area contributed by atoms with Gasteiger partial charge in [-0.25, -0.2) is 0 Å². The van der Waals surface area contributed by atoms with E-state index in [-0.39, 0.29) is 24.1 Å². The smallest absolute Gasteiger partial charge is 0.251 e. The normalized spacial score (nSPS) is 10.9. The molecule has 4 rings (SSSR count). The number of nitrogens with one attached hydrogen (secondary N) is 2. The van der Waals surface area contributed by atoms with Crippen LogP contribution in [0.1, 0.15) is 23.1 Å². The molecule has 0 atom stereocenters. The molecule has 0 aliphatic heterocycles. The Kier molecular flexibility index (Phi) is 9.21. The lowest BCUT2D eigenvalue weighted by Gasteiger charge is -2.12. The van der Waals surface area contributed by atoms with Crippen molar-refractivity contribution in [2.24, 2.45) is 0 Å². The number of thioether (sulfide) groups is 2. The zero-order valence-electron chi connectivity index (χ0n) is 18.8. The summed E-state index contributed by atoms with van der Waals surface area (Å²) in [5, 5.41) is 23.7. The predicted molar refractivity (Wildman–Crippen MR) is 145 cm³/mol. The number of hydrogen-bond acceptors (Lipinski definition) is 9. The fourth-order valence-electron chi connectivity index (χ4n) is 2.97. The molecule has 0 aliphatic carbocycles. The molecule has 36 heavy (non-hydrogen) atoms. The van der Waals surface area contributed by atoms with Crippen LogP contribution in [0.2, 0.25) is 10.0 Å². The second kappa shape index (κ2) is 12.5. The average Bonchev–Trinajstić information content (AvgIpc) is 3.50. The Morgan fingerprint density at radius 2 is 1.81 bits per heavy atom. The minimum absolute atomic E-state index is 0.0612. The number of carbonyl (C=O) groups excluding carboxylic acids is 2. The molecule has 0 saturated carbocycles. The first-order chi connectivity index (χ1) is 17.4. The Hall–Kier alpha value is -2.64. The van der Waals surface area contributed by atoms with Crippen molar-refractivity contribution in [1.29, 1.82) is 0 Å². The van der Waals surface area contributed by atoms with Crippen molar-refractivity contribution >= 4 is 75.0 Å². The Balaban J connectivity index is 1.50. The Bertz CT molecular complexity index is 1360. The van der Waals surface area contributed by atoms with E-state index < -0.39 is 0 Å². The molecule has 0 radical (unpaired) electrons. The van der Waals surface area contributed by atoms with Gasteiger partial charge in [0.1, 0.15) is 0 Å². The number of carbonyl (C=O) groups is 2. The summed E-state index contributed by atoms with van der Waals surface area (Å²) < 4.78 is 2.52. The summed E-state index contributed by atoms with van der Waals surface area (Å²) in [6.07, 6.45) is 0. The average molecular weight is 581 g/mol. The van der Waals surface area contributed by atoms with Gasteiger partial charge in [0.05, 0.1) is 28.0 Å². The third-order valence-electron chi connectivity index (χ3n) is 4.56. The molecule has 2 aromatic heterocycles. The largest absolute Gasteiger partial charge is 0.345 e. The first kappa shape index (κ1) is 26.4. The van der Waals surface area contributed by atoms with Gasteiger partial charge >= 0.3 is 0 Å². The lowest BCUT2D eigenvalue weighted by atomic mass is 10.2. The molecule has 0 spiro atoms. The van der Waals surface area contributed by atoms with Crippen molar-refractivity contribution in [3.63, 3.8) is 0 Å². The molecule has 2 aromatic carbocycles. The van der Waals surface area contributed by atoms with E-state index in [1.165, 1.54) is 23.1 Å². The molecule has 4 aromatic rings. The molecule has 0 bridgehead atoms. The summed E-state index contributed by atoms with van der Waals surface area (Å²) in [5.74, 6) is 0.895. The maximum atomic E-state index is 12.5. The standard InChI is InChI=1S/C22H19Cl2N7O2S3/c1-2-34-22-30-28-20(36-22)26-18(32)12-35-21-29-27-17(11-25-19(33)13-6-4-3-5-7-13)31(21)14-8-9-15(23)16(24)10-14/h3-10H,2,11-12H2,1H3,(H,25,33)(H,26,28,32). The molecular formula is C22H19Cl2N7O2S3. The molecular weight excluding hydrogens is 561 g/mol. The van der Waals surface area contributed by atoms with Gasteiger partial charge in [-0.1, -0.05) is 83.2 Å². The van der Waals surface area contributed by atoms with Crippen molar-refractivity contribution in [2.75, 3.05) is 16.8 Å². The molecule has 2 amide bonds. The van der Waals surface area contributed by atoms with E-state index in [4.69, 9.17) is 23.2 Å². The molecule has 0 fully saturated rings. The molecule has 0 unspecified atom stereocenters. The van der Waals surface area contributed by atoms with E-state index in [0.29, 0.717) is 37.4 Å². The third kappa shape index (κ3) is 6.77. The summed E-state index contributed by atoms with van der Waals surface area (Å²) in [6.45, 7) is 2.13. The molecule has 14 heteroatoms. The lowest BCUT2D eigenvalue weighted by Crippen LogP contribution is -2.24. The zero-order valence-corrected chi connectivity index (χ0v) is 22.7. The van der Waals surface area contributed by atoms with Gasteiger partial charge in [0.2, 0.25) is 11.0 Å². The van der Waals surface area contributed by atoms with Crippen molar-refractivity contribution in [1.82, 2.24) is 30.3 Å². The second-order valence-corrected chi connectivity index (χ2v) is 11.3. The van der Waals surface area contributed by atoms with E-state index in [1.807, 2.05) is 13.0 Å². The molecule has 2 N–H and O–H groups in total. The van der Waals surface area contributed by atoms with Crippen LogP contribution in [0.3, 0.4) is 0 Å². The second-order valence-electron chi connectivity index (χ2n) is 7.02. The van der Waals surface area contributed by atoms with E-state index in [9.17, 15) is 9.59 Å². The topological polar surface area (TPSA) is 115 Å². The molecule has 0 saturated heterocycles. The van der Waals surface area contributed by atoms with Gasteiger partial charge in [0, 0.05) is 5.56 Å². The highest BCUT2D eigenvalue weighted by Crippen LogP contribution is 2.29. The minimum atomic E-state index is -0.258. The summed E-state index contributed by atoms with van der Waals surface area (Å²) >= 11 is 16.4. The van der Waals surface area contributed by atoms with E-state index in [2.05, 4.69) is 31.0 Å². The van der Waals surface area contributed by atoms with Gasteiger partial charge in [-0.15, -0.1) is 20.4 Å². The number of benzene rings is 2. The van der Waals surface area contributed by atoms with Gasteiger partial charge in [-0.2, -0.15) is 0 Å². The first-order valence-corrected chi connectivity index (χ1v) is 14.1. The van der Waals surface area contributed by atoms with E-state index in [0.717, 1.165) is 10.1 Å². The van der Waals surface area contributed by atoms with Crippen LogP contribution in [0.15, 0.2) is 58.0 Å². The maximum absolute atomic E-state index is 12.5. The first-order valence-electron chi connectivity index (χ1n) is 10.6. The Labute approximate surface area is 229 Å². The summed E-state index contributed by atoms with van der Waals surface area (Å²) in [5.41, 5.74) is 1.17. The van der Waals surface area contributed by atoms with Crippen LogP contribution in [0, 0.1) is 0 Å². The highest BCUT2D eigenvalue weighted by molar-refractivity contribution is 8.01. The number of amides is 2. The predicted octanol–water partition coefficient (Wildman–Crippen LogP) is 5.20. The quantitative estimate of drug-likeness (QED) is 0.194. The SMILES string of the molecule is CCSc1nnc(NC(=O)CSc2nnc(CNC(=O)c3ccccc3)n2-c2ccc(Cl)c(Cl)c2)s1. The zero-order chi connectivity index (χ0) is 25.5. The van der Waals surface area contributed by atoms with E-state index >= 15 is 0 Å². The van der Waals surface area contributed by atoms with Crippen molar-refractivity contribution in [3.05, 3.63) is 70.0 Å². The van der Waals surface area contributed by atoms with Gasteiger partial charge in [-0.05, 0) is 36.1 Å². The highest BCUT2D eigenvalue weighted by Gasteiger charge is 2.18. The van der Waals surface area contributed by atoms with E-state index in [1.54, 1.807) is 58.8 Å². The third-order valence-corrected chi connectivity index (χ3v) is 8.08. The number of hydrogen-bond donors (Lipinski definition) is 2. The fraction of sp³-hybridized carbons (Fsp3) is 0.182. The van der Waals surface area contributed by atoms with Crippen molar-refractivity contribution < 1.29 is 9.59 Å². The van der Waals surface area contributed by atoms with Crippen LogP contribution in [0.5, 0.6) is 0 Å². The molecule has 9 nitrogen and oxygen atoms in total. The number of nitrogens with zero attached hydrogens (tertiary/aromatic N) is 5. The Morgan fingerprint density at radius 1 is 1.00 bits per heavy atom. The summed E-state index contributed by atoms with van der Waals surface area (Å²) in [6, 6.07) is 14.0.